The van der Waals surface area contributed by atoms with E-state index < -0.39 is 0 Å². The van der Waals surface area contributed by atoms with Crippen LogP contribution in [0.1, 0.15) is 24.5 Å². The van der Waals surface area contributed by atoms with Gasteiger partial charge in [-0.25, -0.2) is 0 Å². The average molecular weight is 310 g/mol. The van der Waals surface area contributed by atoms with E-state index in [4.69, 9.17) is 0 Å². The Bertz CT molecular complexity index is 696. The van der Waals surface area contributed by atoms with Crippen LogP contribution >= 0.6 is 0 Å². The smallest absolute Gasteiger partial charge is 0.236 e. The van der Waals surface area contributed by atoms with E-state index in [2.05, 4.69) is 5.32 Å². The van der Waals surface area contributed by atoms with E-state index in [1.54, 1.807) is 4.90 Å². The van der Waals surface area contributed by atoms with Crippen molar-refractivity contribution < 1.29 is 9.59 Å². The summed E-state index contributed by atoms with van der Waals surface area (Å²) < 4.78 is 0. The van der Waals surface area contributed by atoms with Gasteiger partial charge in [-0.1, -0.05) is 35.9 Å². The minimum absolute atomic E-state index is 0.171. The molecule has 0 aromatic heterocycles. The fraction of sp³-hybridized carbons (Fsp3) is 0.263. The first-order valence-electron chi connectivity index (χ1n) is 7.73. The number of amides is 2. The molecule has 2 amide bonds. The number of hydrogen-bond acceptors (Lipinski definition) is 2. The fourth-order valence-electron chi connectivity index (χ4n) is 2.49. The van der Waals surface area contributed by atoms with Crippen LogP contribution in [-0.4, -0.2) is 18.4 Å². The Kier molecular flexibility index (Phi) is 5.52. The maximum atomic E-state index is 12.4. The molecule has 0 heterocycles. The molecular weight excluding hydrogens is 288 g/mol. The lowest BCUT2D eigenvalue weighted by molar-refractivity contribution is -0.125. The number of rotatable bonds is 5. The van der Waals surface area contributed by atoms with E-state index in [0.717, 1.165) is 22.5 Å². The van der Waals surface area contributed by atoms with Crippen LogP contribution in [-0.2, 0) is 9.59 Å². The van der Waals surface area contributed by atoms with Gasteiger partial charge < -0.3 is 10.2 Å². The van der Waals surface area contributed by atoms with Crippen LogP contribution in [0.15, 0.2) is 48.5 Å². The molecule has 1 N–H and O–H groups in total. The maximum Gasteiger partial charge on any atom is 0.236 e. The number of nitrogens with zero attached hydrogens (tertiary/aromatic N) is 1. The standard InChI is InChI=1S/C19H22N2O2/c1-4-21(16-8-6-5-7-9-16)19(23)13-18(22)20-17-11-10-14(2)12-15(17)3/h5-12H,4,13H2,1-3H3,(H,20,22). The van der Waals surface area contributed by atoms with Gasteiger partial charge in [0.25, 0.3) is 0 Å². The highest BCUT2D eigenvalue weighted by Crippen LogP contribution is 2.17. The predicted molar refractivity (Wildman–Crippen MR) is 93.6 cm³/mol. The Morgan fingerprint density at radius 1 is 1.04 bits per heavy atom. The van der Waals surface area contributed by atoms with Gasteiger partial charge in [-0.3, -0.25) is 9.59 Å². The molecule has 0 saturated heterocycles. The highest BCUT2D eigenvalue weighted by molar-refractivity contribution is 6.09. The molecule has 0 aliphatic heterocycles. The second-order valence-electron chi connectivity index (χ2n) is 5.52. The molecule has 0 radical (unpaired) electrons. The van der Waals surface area contributed by atoms with Crippen molar-refractivity contribution in [1.29, 1.82) is 0 Å². The molecule has 0 fully saturated rings. The summed E-state index contributed by atoms with van der Waals surface area (Å²) in [7, 11) is 0. The molecule has 0 bridgehead atoms. The van der Waals surface area contributed by atoms with E-state index in [1.165, 1.54) is 0 Å². The van der Waals surface area contributed by atoms with Crippen LogP contribution in [0.25, 0.3) is 0 Å². The monoisotopic (exact) mass is 310 g/mol. The molecule has 0 saturated carbocycles. The molecule has 4 nitrogen and oxygen atoms in total. The summed E-state index contributed by atoms with van der Waals surface area (Å²) in [4.78, 5) is 26.1. The average Bonchev–Trinajstić information content (AvgIpc) is 2.52. The molecule has 4 heteroatoms. The number of benzene rings is 2. The van der Waals surface area contributed by atoms with E-state index in [1.807, 2.05) is 69.3 Å². The highest BCUT2D eigenvalue weighted by atomic mass is 16.2. The summed E-state index contributed by atoms with van der Waals surface area (Å²) in [6.45, 7) is 6.36. The summed E-state index contributed by atoms with van der Waals surface area (Å²) in [6, 6.07) is 15.2. The molecular formula is C19H22N2O2. The fourth-order valence-corrected chi connectivity index (χ4v) is 2.49. The first kappa shape index (κ1) is 16.7. The van der Waals surface area contributed by atoms with Gasteiger partial charge in [0.1, 0.15) is 6.42 Å². The predicted octanol–water partition coefficient (Wildman–Crippen LogP) is 3.69. The molecule has 120 valence electrons. The van der Waals surface area contributed by atoms with Gasteiger partial charge >= 0.3 is 0 Å². The summed E-state index contributed by atoms with van der Waals surface area (Å²) in [5.41, 5.74) is 3.68. The van der Waals surface area contributed by atoms with Crippen LogP contribution in [0, 0.1) is 13.8 Å². The van der Waals surface area contributed by atoms with Gasteiger partial charge in [-0.2, -0.15) is 0 Å². The molecule has 23 heavy (non-hydrogen) atoms. The van der Waals surface area contributed by atoms with Crippen molar-refractivity contribution in [2.45, 2.75) is 27.2 Å². The van der Waals surface area contributed by atoms with E-state index in [-0.39, 0.29) is 18.2 Å². The number of anilines is 2. The zero-order valence-corrected chi connectivity index (χ0v) is 13.8. The normalized spacial score (nSPS) is 10.2. The number of carbonyl (C=O) groups is 2. The van der Waals surface area contributed by atoms with Crippen molar-refractivity contribution in [3.05, 3.63) is 59.7 Å². The summed E-state index contributed by atoms with van der Waals surface area (Å²) in [5.74, 6) is -0.503. The summed E-state index contributed by atoms with van der Waals surface area (Å²) >= 11 is 0. The summed E-state index contributed by atoms with van der Waals surface area (Å²) in [5, 5.41) is 2.81. The lowest BCUT2D eigenvalue weighted by Crippen LogP contribution is -2.33. The molecule has 0 unspecified atom stereocenters. The largest absolute Gasteiger partial charge is 0.325 e. The second kappa shape index (κ2) is 7.58. The maximum absolute atomic E-state index is 12.4. The molecule has 2 aromatic carbocycles. The minimum atomic E-state index is -0.295. The first-order valence-corrected chi connectivity index (χ1v) is 7.73. The topological polar surface area (TPSA) is 49.4 Å². The molecule has 0 aliphatic rings. The van der Waals surface area contributed by atoms with E-state index in [9.17, 15) is 9.59 Å². The van der Waals surface area contributed by atoms with Gasteiger partial charge in [0, 0.05) is 17.9 Å². The van der Waals surface area contributed by atoms with Gasteiger partial charge in [0.05, 0.1) is 0 Å². The van der Waals surface area contributed by atoms with Crippen LogP contribution < -0.4 is 10.2 Å². The highest BCUT2D eigenvalue weighted by Gasteiger charge is 2.17. The van der Waals surface area contributed by atoms with Crippen LogP contribution in [0.3, 0.4) is 0 Å². The number of para-hydroxylation sites is 1. The van der Waals surface area contributed by atoms with Crippen molar-refractivity contribution in [2.75, 3.05) is 16.8 Å². The Labute approximate surface area is 137 Å². The van der Waals surface area contributed by atoms with Crippen LogP contribution in [0.2, 0.25) is 0 Å². The number of carbonyl (C=O) groups excluding carboxylic acids is 2. The van der Waals surface area contributed by atoms with Gasteiger partial charge in [-0.15, -0.1) is 0 Å². The third-order valence-corrected chi connectivity index (χ3v) is 3.65. The number of hydrogen-bond donors (Lipinski definition) is 1. The van der Waals surface area contributed by atoms with Gasteiger partial charge in [0.15, 0.2) is 0 Å². The lowest BCUT2D eigenvalue weighted by Gasteiger charge is -2.21. The molecule has 0 aliphatic carbocycles. The summed E-state index contributed by atoms with van der Waals surface area (Å²) in [6.07, 6.45) is -0.171. The van der Waals surface area contributed by atoms with Gasteiger partial charge in [-0.05, 0) is 44.5 Å². The van der Waals surface area contributed by atoms with Crippen molar-refractivity contribution in [3.8, 4) is 0 Å². The van der Waals surface area contributed by atoms with E-state index >= 15 is 0 Å². The SMILES string of the molecule is CCN(C(=O)CC(=O)Nc1ccc(C)cc1C)c1ccccc1. The van der Waals surface area contributed by atoms with Gasteiger partial charge in [0.2, 0.25) is 11.8 Å². The second-order valence-corrected chi connectivity index (χ2v) is 5.52. The molecule has 2 aromatic rings. The number of aryl methyl sites for hydroxylation is 2. The van der Waals surface area contributed by atoms with Crippen molar-refractivity contribution in [2.24, 2.45) is 0 Å². The first-order chi connectivity index (χ1) is 11.0. The third kappa shape index (κ3) is 4.42. The Hall–Kier alpha value is -2.62. The Balaban J connectivity index is 2.02. The zero-order chi connectivity index (χ0) is 16.8. The van der Waals surface area contributed by atoms with Crippen LogP contribution in [0.4, 0.5) is 11.4 Å². The third-order valence-electron chi connectivity index (χ3n) is 3.65. The lowest BCUT2D eigenvalue weighted by atomic mass is 10.1. The van der Waals surface area contributed by atoms with Crippen molar-refractivity contribution in [1.82, 2.24) is 0 Å². The Morgan fingerprint density at radius 2 is 1.74 bits per heavy atom. The molecule has 0 atom stereocenters. The van der Waals surface area contributed by atoms with Crippen molar-refractivity contribution in [3.63, 3.8) is 0 Å². The molecule has 2 rings (SSSR count). The van der Waals surface area contributed by atoms with E-state index in [0.29, 0.717) is 6.54 Å². The Morgan fingerprint density at radius 3 is 2.35 bits per heavy atom. The quantitative estimate of drug-likeness (QED) is 0.856. The van der Waals surface area contributed by atoms with Crippen molar-refractivity contribution >= 4 is 23.2 Å². The number of nitrogens with one attached hydrogen (secondary N) is 1. The minimum Gasteiger partial charge on any atom is -0.325 e. The molecule has 0 spiro atoms. The van der Waals surface area contributed by atoms with Crippen LogP contribution in [0.5, 0.6) is 0 Å². The zero-order valence-electron chi connectivity index (χ0n) is 13.8.